The molecule has 3 aromatic rings. The number of hydrogen-bond acceptors (Lipinski definition) is 6. The number of aromatic nitrogens is 1. The van der Waals surface area contributed by atoms with Crippen LogP contribution in [-0.2, 0) is 13.9 Å². The molecule has 0 radical (unpaired) electrons. The molecule has 0 bridgehead atoms. The summed E-state index contributed by atoms with van der Waals surface area (Å²) in [6.07, 6.45) is -0.389. The molecule has 0 saturated heterocycles. The summed E-state index contributed by atoms with van der Waals surface area (Å²) < 4.78 is 36.3. The number of hydrogen-bond donors (Lipinski definition) is 1. The summed E-state index contributed by atoms with van der Waals surface area (Å²) in [4.78, 5) is 17.6. The number of esters is 1. The highest BCUT2D eigenvalue weighted by molar-refractivity contribution is 7.40. The van der Waals surface area contributed by atoms with Crippen molar-refractivity contribution in [3.05, 3.63) is 72.7 Å². The molecule has 3 atom stereocenters. The van der Waals surface area contributed by atoms with Crippen LogP contribution in [0.5, 0.6) is 5.75 Å². The molecule has 6 nitrogen and oxygen atoms in total. The maximum atomic E-state index is 13.6. The lowest BCUT2D eigenvalue weighted by Gasteiger charge is -2.21. The first kappa shape index (κ1) is 24.8. The van der Waals surface area contributed by atoms with E-state index in [2.05, 4.69) is 6.58 Å². The quantitative estimate of drug-likeness (QED) is 0.252. The van der Waals surface area contributed by atoms with Crippen LogP contribution in [-0.4, -0.2) is 34.9 Å². The predicted octanol–water partition coefficient (Wildman–Crippen LogP) is 5.50. The summed E-state index contributed by atoms with van der Waals surface area (Å²) in [5, 5.41) is 11.2. The molecule has 8 heteroatoms. The van der Waals surface area contributed by atoms with Crippen molar-refractivity contribution in [1.82, 2.24) is 4.98 Å². The van der Waals surface area contributed by atoms with E-state index >= 15 is 0 Å². The van der Waals surface area contributed by atoms with Crippen LogP contribution >= 0.6 is 8.03 Å². The molecular weight excluding hydrogens is 444 g/mol. The first-order chi connectivity index (χ1) is 15.8. The number of para-hydroxylation sites is 1. The number of nitrogens with zero attached hydrogens (tertiary/aromatic N) is 1. The molecule has 0 aliphatic rings. The van der Waals surface area contributed by atoms with Gasteiger partial charge in [0.15, 0.2) is 5.75 Å². The van der Waals surface area contributed by atoms with Gasteiger partial charge in [0.1, 0.15) is 5.82 Å². The van der Waals surface area contributed by atoms with E-state index < -0.39 is 32.2 Å². The Morgan fingerprint density at radius 1 is 1.21 bits per heavy atom. The Bertz CT molecular complexity index is 1180. The zero-order valence-corrected chi connectivity index (χ0v) is 19.7. The lowest BCUT2D eigenvalue weighted by molar-refractivity contribution is -0.136. The fraction of sp³-hybridized carbons (Fsp3) is 0.280. The molecule has 174 valence electrons. The Labute approximate surface area is 192 Å². The number of rotatable bonds is 9. The third kappa shape index (κ3) is 5.56. The van der Waals surface area contributed by atoms with Gasteiger partial charge in [0, 0.05) is 18.1 Å². The van der Waals surface area contributed by atoms with Gasteiger partial charge in [-0.1, -0.05) is 50.3 Å². The first-order valence-corrected chi connectivity index (χ1v) is 11.9. The van der Waals surface area contributed by atoms with Crippen LogP contribution in [0.3, 0.4) is 0 Å². The van der Waals surface area contributed by atoms with Gasteiger partial charge >= 0.3 is 5.97 Å². The fourth-order valence-electron chi connectivity index (χ4n) is 3.61. The number of halogens is 1. The van der Waals surface area contributed by atoms with Crippen molar-refractivity contribution in [2.75, 3.05) is 7.11 Å². The molecule has 0 spiro atoms. The van der Waals surface area contributed by atoms with Gasteiger partial charge in [-0.15, -0.1) is 6.58 Å². The molecule has 0 aliphatic carbocycles. The smallest absolute Gasteiger partial charge is 0.313 e. The van der Waals surface area contributed by atoms with Gasteiger partial charge in [0.25, 0.3) is 0 Å². The van der Waals surface area contributed by atoms with E-state index in [-0.39, 0.29) is 17.5 Å². The SMILES string of the molecule is C=CC(C(O)CC(=O)Oc1c(C(C)C)nc2ccccc2c1-c1ccc(F)cc1)[PH](=O)OC. The highest BCUT2D eigenvalue weighted by Crippen LogP contribution is 2.41. The Hall–Kier alpha value is -2.86. The van der Waals surface area contributed by atoms with Crippen molar-refractivity contribution < 1.29 is 28.1 Å². The van der Waals surface area contributed by atoms with Crippen LogP contribution in [0.1, 0.15) is 31.9 Å². The van der Waals surface area contributed by atoms with Gasteiger partial charge in [0.05, 0.1) is 29.4 Å². The van der Waals surface area contributed by atoms with Crippen LogP contribution in [0.25, 0.3) is 22.0 Å². The van der Waals surface area contributed by atoms with E-state index in [9.17, 15) is 18.9 Å². The first-order valence-electron chi connectivity index (χ1n) is 10.5. The molecule has 0 aliphatic heterocycles. The van der Waals surface area contributed by atoms with Gasteiger partial charge in [-0.05, 0) is 29.7 Å². The Morgan fingerprint density at radius 2 is 1.88 bits per heavy atom. The lowest BCUT2D eigenvalue weighted by atomic mass is 9.95. The van der Waals surface area contributed by atoms with E-state index in [0.717, 1.165) is 5.39 Å². The number of carbonyl (C=O) groups is 1. The lowest BCUT2D eigenvalue weighted by Crippen LogP contribution is -2.27. The van der Waals surface area contributed by atoms with E-state index in [1.807, 2.05) is 38.1 Å². The third-order valence-corrected chi connectivity index (χ3v) is 6.85. The molecular formula is C25H27FNO5P. The topological polar surface area (TPSA) is 85.7 Å². The van der Waals surface area contributed by atoms with Gasteiger partial charge in [-0.25, -0.2) is 9.37 Å². The second-order valence-electron chi connectivity index (χ2n) is 7.91. The third-order valence-electron chi connectivity index (χ3n) is 5.29. The number of fused-ring (bicyclic) bond motifs is 1. The van der Waals surface area contributed by atoms with Crippen LogP contribution in [0.4, 0.5) is 4.39 Å². The number of aliphatic hydroxyl groups excluding tert-OH is 1. The highest BCUT2D eigenvalue weighted by Gasteiger charge is 2.28. The Morgan fingerprint density at radius 3 is 2.48 bits per heavy atom. The van der Waals surface area contributed by atoms with Crippen molar-refractivity contribution in [3.8, 4) is 16.9 Å². The van der Waals surface area contributed by atoms with E-state index in [0.29, 0.717) is 22.3 Å². The number of aliphatic hydroxyl groups is 1. The Balaban J connectivity index is 2.09. The number of pyridine rings is 1. The van der Waals surface area contributed by atoms with Crippen molar-refractivity contribution in [3.63, 3.8) is 0 Å². The van der Waals surface area contributed by atoms with Crippen LogP contribution in [0.15, 0.2) is 61.2 Å². The summed E-state index contributed by atoms with van der Waals surface area (Å²) in [5.74, 6) is -0.941. The largest absolute Gasteiger partial charge is 0.424 e. The molecule has 0 amide bonds. The average molecular weight is 471 g/mol. The predicted molar refractivity (Wildman–Crippen MR) is 127 cm³/mol. The highest BCUT2D eigenvalue weighted by atomic mass is 31.1. The molecule has 1 N–H and O–H groups in total. The number of carbonyl (C=O) groups excluding carboxylic acids is 1. The van der Waals surface area contributed by atoms with Gasteiger partial charge in [0.2, 0.25) is 8.03 Å². The minimum atomic E-state index is -2.61. The van der Waals surface area contributed by atoms with Crippen molar-refractivity contribution >= 4 is 24.9 Å². The van der Waals surface area contributed by atoms with Gasteiger partial charge in [-0.3, -0.25) is 9.36 Å². The Kier molecular flexibility index (Phi) is 8.14. The van der Waals surface area contributed by atoms with Crippen LogP contribution in [0.2, 0.25) is 0 Å². The summed E-state index contributed by atoms with van der Waals surface area (Å²) >= 11 is 0. The maximum Gasteiger partial charge on any atom is 0.313 e. The molecule has 2 aromatic carbocycles. The molecule has 0 fully saturated rings. The maximum absolute atomic E-state index is 13.6. The molecule has 0 saturated carbocycles. The van der Waals surface area contributed by atoms with Crippen LogP contribution < -0.4 is 4.74 Å². The van der Waals surface area contributed by atoms with E-state index in [4.69, 9.17) is 14.2 Å². The molecule has 1 heterocycles. The second kappa shape index (κ2) is 10.8. The normalized spacial score (nSPS) is 14.1. The zero-order chi connectivity index (χ0) is 24.1. The summed E-state index contributed by atoms with van der Waals surface area (Å²) in [6, 6.07) is 13.3. The average Bonchev–Trinajstić information content (AvgIpc) is 2.79. The molecule has 3 rings (SSSR count). The molecule has 1 aromatic heterocycles. The number of benzene rings is 2. The van der Waals surface area contributed by atoms with Gasteiger partial charge < -0.3 is 14.4 Å². The monoisotopic (exact) mass is 471 g/mol. The van der Waals surface area contributed by atoms with Crippen molar-refractivity contribution in [2.45, 2.75) is 37.9 Å². The second-order valence-corrected chi connectivity index (χ2v) is 9.62. The minimum Gasteiger partial charge on any atom is -0.424 e. The fourth-order valence-corrected chi connectivity index (χ4v) is 4.51. The van der Waals surface area contributed by atoms with Crippen molar-refractivity contribution in [1.29, 1.82) is 0 Å². The number of ether oxygens (including phenoxy) is 1. The molecule has 3 unspecified atom stereocenters. The van der Waals surface area contributed by atoms with Gasteiger partial charge in [-0.2, -0.15) is 0 Å². The summed E-state index contributed by atoms with van der Waals surface area (Å²) in [6.45, 7) is 7.42. The van der Waals surface area contributed by atoms with Crippen molar-refractivity contribution in [2.24, 2.45) is 0 Å². The summed E-state index contributed by atoms with van der Waals surface area (Å²) in [7, 11) is -1.34. The standard InChI is InChI=1S/C25H27FNO5P/c1-5-21(33(30)31-4)20(28)14-22(29)32-25-23(16-10-12-17(26)13-11-16)18-8-6-7-9-19(18)27-24(25)15(2)3/h5-13,15,20-21,28,33H,1,14H2,2-4H3. The zero-order valence-electron chi connectivity index (χ0n) is 18.7. The summed E-state index contributed by atoms with van der Waals surface area (Å²) in [5.41, 5.74) is 1.65. The minimum absolute atomic E-state index is 0.0904. The van der Waals surface area contributed by atoms with Crippen LogP contribution in [0, 0.1) is 5.82 Å². The van der Waals surface area contributed by atoms with E-state index in [1.165, 1.54) is 25.3 Å². The van der Waals surface area contributed by atoms with E-state index in [1.54, 1.807) is 12.1 Å². The molecule has 33 heavy (non-hydrogen) atoms.